The summed E-state index contributed by atoms with van der Waals surface area (Å²) in [6, 6.07) is 15.3. The minimum Gasteiger partial charge on any atom is -0.465 e. The molecule has 1 aromatic heterocycles. The number of nitrogens with zero attached hydrogens (tertiary/aromatic N) is 2. The SMILES string of the molecule is COC(=O)c1cc(Cn2c(CCCCBr)nc(Cl)c2C=O)ccc1-c1ccccc1. The van der Waals surface area contributed by atoms with E-state index in [0.717, 1.165) is 47.0 Å². The van der Waals surface area contributed by atoms with Crippen molar-refractivity contribution in [3.8, 4) is 11.1 Å². The van der Waals surface area contributed by atoms with Crippen molar-refractivity contribution in [2.45, 2.75) is 25.8 Å². The normalized spacial score (nSPS) is 10.8. The summed E-state index contributed by atoms with van der Waals surface area (Å²) in [5.41, 5.74) is 3.40. The summed E-state index contributed by atoms with van der Waals surface area (Å²) >= 11 is 9.62. The van der Waals surface area contributed by atoms with Gasteiger partial charge in [-0.1, -0.05) is 70.0 Å². The lowest BCUT2D eigenvalue weighted by Crippen LogP contribution is -2.11. The number of alkyl halides is 1. The third kappa shape index (κ3) is 4.99. The summed E-state index contributed by atoms with van der Waals surface area (Å²) in [6.07, 6.45) is 3.37. The van der Waals surface area contributed by atoms with Crippen LogP contribution in [-0.4, -0.2) is 34.2 Å². The van der Waals surface area contributed by atoms with Crippen LogP contribution in [0.25, 0.3) is 11.1 Å². The molecule has 0 saturated carbocycles. The largest absolute Gasteiger partial charge is 0.465 e. The van der Waals surface area contributed by atoms with Crippen molar-refractivity contribution >= 4 is 39.8 Å². The second-order valence-electron chi connectivity index (χ2n) is 6.79. The Morgan fingerprint density at radius 1 is 1.20 bits per heavy atom. The number of aryl methyl sites for hydroxylation is 1. The van der Waals surface area contributed by atoms with Crippen LogP contribution in [0.15, 0.2) is 48.5 Å². The van der Waals surface area contributed by atoms with Crippen LogP contribution in [0.1, 0.15) is 45.1 Å². The Balaban J connectivity index is 1.99. The highest BCUT2D eigenvalue weighted by molar-refractivity contribution is 9.09. The molecule has 156 valence electrons. The zero-order valence-corrected chi connectivity index (χ0v) is 18.9. The number of rotatable bonds is 9. The first-order valence-electron chi connectivity index (χ1n) is 9.61. The van der Waals surface area contributed by atoms with Crippen molar-refractivity contribution in [1.82, 2.24) is 9.55 Å². The number of hydrogen-bond donors (Lipinski definition) is 0. The number of benzene rings is 2. The maximum Gasteiger partial charge on any atom is 0.338 e. The number of carbonyl (C=O) groups is 2. The van der Waals surface area contributed by atoms with Crippen LogP contribution >= 0.6 is 27.5 Å². The molecular formula is C23H22BrClN2O3. The molecule has 0 radical (unpaired) electrons. The Hall–Kier alpha value is -2.44. The Morgan fingerprint density at radius 2 is 1.97 bits per heavy atom. The predicted octanol–water partition coefficient (Wildman–Crippen LogP) is 5.57. The number of imidazole rings is 1. The van der Waals surface area contributed by atoms with Gasteiger partial charge in [-0.05, 0) is 35.6 Å². The number of ether oxygens (including phenoxy) is 1. The van der Waals surface area contributed by atoms with Crippen LogP contribution in [0.5, 0.6) is 0 Å². The molecule has 3 rings (SSSR count). The van der Waals surface area contributed by atoms with E-state index in [2.05, 4.69) is 20.9 Å². The smallest absolute Gasteiger partial charge is 0.338 e. The monoisotopic (exact) mass is 488 g/mol. The van der Waals surface area contributed by atoms with Gasteiger partial charge in [-0.2, -0.15) is 0 Å². The van der Waals surface area contributed by atoms with Gasteiger partial charge >= 0.3 is 5.97 Å². The third-order valence-corrected chi connectivity index (χ3v) is 5.69. The molecule has 0 atom stereocenters. The number of aromatic nitrogens is 2. The summed E-state index contributed by atoms with van der Waals surface area (Å²) in [4.78, 5) is 28.5. The molecule has 0 aliphatic carbocycles. The highest BCUT2D eigenvalue weighted by Crippen LogP contribution is 2.27. The topological polar surface area (TPSA) is 61.2 Å². The number of halogens is 2. The lowest BCUT2D eigenvalue weighted by Gasteiger charge is -2.13. The van der Waals surface area contributed by atoms with Crippen LogP contribution in [-0.2, 0) is 17.7 Å². The van der Waals surface area contributed by atoms with E-state index < -0.39 is 5.97 Å². The van der Waals surface area contributed by atoms with Gasteiger partial charge in [0.15, 0.2) is 11.4 Å². The van der Waals surface area contributed by atoms with E-state index in [1.54, 1.807) is 6.07 Å². The highest BCUT2D eigenvalue weighted by atomic mass is 79.9. The molecule has 7 heteroatoms. The van der Waals surface area contributed by atoms with E-state index in [0.29, 0.717) is 24.2 Å². The molecular weight excluding hydrogens is 468 g/mol. The van der Waals surface area contributed by atoms with Gasteiger partial charge in [0, 0.05) is 18.3 Å². The minimum atomic E-state index is -0.410. The third-order valence-electron chi connectivity index (χ3n) is 4.85. The van der Waals surface area contributed by atoms with Gasteiger partial charge in [-0.15, -0.1) is 0 Å². The number of hydrogen-bond acceptors (Lipinski definition) is 4. The summed E-state index contributed by atoms with van der Waals surface area (Å²) in [5.74, 6) is 0.349. The van der Waals surface area contributed by atoms with Gasteiger partial charge in [0.1, 0.15) is 11.5 Å². The fourth-order valence-corrected chi connectivity index (χ4v) is 4.00. The lowest BCUT2D eigenvalue weighted by atomic mass is 9.97. The maximum absolute atomic E-state index is 12.5. The standard InChI is InChI=1S/C23H22BrClN2O3/c1-30-23(29)19-13-16(10-11-18(19)17-7-3-2-4-8-17)14-27-20(15-28)22(25)26-21(27)9-5-6-12-24/h2-4,7-8,10-11,13,15H,5-6,9,12,14H2,1H3. The molecule has 0 aliphatic heterocycles. The maximum atomic E-state index is 12.5. The van der Waals surface area contributed by atoms with Gasteiger partial charge in [0.05, 0.1) is 12.7 Å². The first-order valence-corrected chi connectivity index (χ1v) is 11.1. The summed E-state index contributed by atoms with van der Waals surface area (Å²) < 4.78 is 6.82. The summed E-state index contributed by atoms with van der Waals surface area (Å²) in [6.45, 7) is 0.385. The van der Waals surface area contributed by atoms with E-state index in [-0.39, 0.29) is 5.15 Å². The minimum absolute atomic E-state index is 0.202. The average molecular weight is 490 g/mol. The number of unbranched alkanes of at least 4 members (excludes halogenated alkanes) is 1. The van der Waals surface area contributed by atoms with E-state index in [4.69, 9.17) is 16.3 Å². The molecule has 0 amide bonds. The fourth-order valence-electron chi connectivity index (χ4n) is 3.36. The molecule has 1 heterocycles. The summed E-state index contributed by atoms with van der Waals surface area (Å²) in [5, 5.41) is 1.11. The van der Waals surface area contributed by atoms with E-state index in [9.17, 15) is 9.59 Å². The zero-order chi connectivity index (χ0) is 21.5. The first kappa shape index (κ1) is 22.2. The average Bonchev–Trinajstić information content (AvgIpc) is 3.07. The van der Waals surface area contributed by atoms with Crippen LogP contribution in [0.2, 0.25) is 5.15 Å². The zero-order valence-electron chi connectivity index (χ0n) is 16.6. The number of methoxy groups -OCH3 is 1. The van der Waals surface area contributed by atoms with Crippen LogP contribution in [0, 0.1) is 0 Å². The molecule has 0 unspecified atom stereocenters. The molecule has 0 N–H and O–H groups in total. The quantitative estimate of drug-likeness (QED) is 0.171. The second-order valence-corrected chi connectivity index (χ2v) is 7.94. The molecule has 30 heavy (non-hydrogen) atoms. The van der Waals surface area contributed by atoms with Gasteiger partial charge in [-0.3, -0.25) is 4.79 Å². The van der Waals surface area contributed by atoms with Crippen molar-refractivity contribution in [3.63, 3.8) is 0 Å². The van der Waals surface area contributed by atoms with Gasteiger partial charge in [0.2, 0.25) is 0 Å². The van der Waals surface area contributed by atoms with Crippen LogP contribution in [0.4, 0.5) is 0 Å². The molecule has 5 nitrogen and oxygen atoms in total. The van der Waals surface area contributed by atoms with E-state index in [1.165, 1.54) is 7.11 Å². The number of aldehydes is 1. The van der Waals surface area contributed by atoms with Crippen LogP contribution < -0.4 is 0 Å². The highest BCUT2D eigenvalue weighted by Gasteiger charge is 2.18. The van der Waals surface area contributed by atoms with Crippen molar-refractivity contribution in [3.05, 3.63) is 76.3 Å². The van der Waals surface area contributed by atoms with E-state index in [1.807, 2.05) is 47.0 Å². The van der Waals surface area contributed by atoms with Crippen molar-refractivity contribution < 1.29 is 14.3 Å². The Labute approximate surface area is 189 Å². The van der Waals surface area contributed by atoms with Crippen LogP contribution in [0.3, 0.4) is 0 Å². The Morgan fingerprint density at radius 3 is 2.63 bits per heavy atom. The predicted molar refractivity (Wildman–Crippen MR) is 122 cm³/mol. The molecule has 0 aliphatic rings. The Bertz CT molecular complexity index is 1030. The van der Waals surface area contributed by atoms with Crippen molar-refractivity contribution in [2.24, 2.45) is 0 Å². The van der Waals surface area contributed by atoms with Crippen molar-refractivity contribution in [2.75, 3.05) is 12.4 Å². The van der Waals surface area contributed by atoms with Gasteiger partial charge in [0.25, 0.3) is 0 Å². The summed E-state index contributed by atoms with van der Waals surface area (Å²) in [7, 11) is 1.37. The number of esters is 1. The van der Waals surface area contributed by atoms with E-state index >= 15 is 0 Å². The second kappa shape index (κ2) is 10.5. The number of carbonyl (C=O) groups excluding carboxylic acids is 2. The first-order chi connectivity index (χ1) is 14.6. The molecule has 0 bridgehead atoms. The van der Waals surface area contributed by atoms with Gasteiger partial charge in [-0.25, -0.2) is 9.78 Å². The molecule has 0 fully saturated rings. The fraction of sp³-hybridized carbons (Fsp3) is 0.261. The molecule has 2 aromatic carbocycles. The Kier molecular flexibility index (Phi) is 7.82. The molecule has 0 spiro atoms. The lowest BCUT2D eigenvalue weighted by molar-refractivity contribution is 0.0601. The molecule has 3 aromatic rings. The van der Waals surface area contributed by atoms with Crippen molar-refractivity contribution in [1.29, 1.82) is 0 Å². The molecule has 0 saturated heterocycles. The van der Waals surface area contributed by atoms with Gasteiger partial charge < -0.3 is 9.30 Å².